The third-order valence-corrected chi connectivity index (χ3v) is 6.80. The van der Waals surface area contributed by atoms with E-state index in [4.69, 9.17) is 11.6 Å². The van der Waals surface area contributed by atoms with Gasteiger partial charge in [0.25, 0.3) is 0 Å². The number of thioether (sulfide) groups is 1. The second-order valence-electron chi connectivity index (χ2n) is 8.47. The summed E-state index contributed by atoms with van der Waals surface area (Å²) >= 11 is 7.46. The van der Waals surface area contributed by atoms with Gasteiger partial charge in [-0.15, -0.1) is 10.2 Å². The average molecular weight is 491 g/mol. The minimum atomic E-state index is -0.0754. The van der Waals surface area contributed by atoms with Crippen LogP contribution in [0.1, 0.15) is 36.5 Å². The van der Waals surface area contributed by atoms with Crippen LogP contribution < -0.4 is 5.32 Å². The average Bonchev–Trinajstić information content (AvgIpc) is 3.23. The second kappa shape index (κ2) is 10.5. The van der Waals surface area contributed by atoms with E-state index >= 15 is 0 Å². The van der Waals surface area contributed by atoms with E-state index in [2.05, 4.69) is 35.4 Å². The van der Waals surface area contributed by atoms with Crippen LogP contribution in [0, 0.1) is 13.8 Å². The smallest absolute Gasteiger partial charge is 0.234 e. The maximum absolute atomic E-state index is 12.9. The highest BCUT2D eigenvalue weighted by Gasteiger charge is 2.19. The Labute approximate surface area is 209 Å². The van der Waals surface area contributed by atoms with Gasteiger partial charge < -0.3 is 5.32 Å². The number of carbonyl (C=O) groups excluding carboxylic acids is 1. The van der Waals surface area contributed by atoms with Gasteiger partial charge in [-0.3, -0.25) is 9.36 Å². The molecule has 4 rings (SSSR count). The summed E-state index contributed by atoms with van der Waals surface area (Å²) in [7, 11) is 0. The molecule has 0 radical (unpaired) electrons. The highest BCUT2D eigenvalue weighted by Crippen LogP contribution is 2.31. The first-order chi connectivity index (χ1) is 16.3. The highest BCUT2D eigenvalue weighted by atomic mass is 35.5. The van der Waals surface area contributed by atoms with Gasteiger partial charge in [-0.25, -0.2) is 0 Å². The molecule has 4 aromatic rings. The molecule has 7 heteroatoms. The lowest BCUT2D eigenvalue weighted by Gasteiger charge is -2.16. The van der Waals surface area contributed by atoms with Crippen molar-refractivity contribution in [3.63, 3.8) is 0 Å². The quantitative estimate of drug-likeness (QED) is 0.282. The molecule has 0 spiro atoms. The predicted octanol–water partition coefficient (Wildman–Crippen LogP) is 7.06. The Morgan fingerprint density at radius 1 is 0.971 bits per heavy atom. The van der Waals surface area contributed by atoms with Gasteiger partial charge in [-0.05, 0) is 66.8 Å². The Kier molecular flexibility index (Phi) is 7.39. The number of para-hydroxylation sites is 2. The zero-order valence-electron chi connectivity index (χ0n) is 19.7. The minimum Gasteiger partial charge on any atom is -0.325 e. The summed E-state index contributed by atoms with van der Waals surface area (Å²) in [4.78, 5) is 12.9. The fraction of sp³-hybridized carbons (Fsp3) is 0.222. The Balaban J connectivity index is 1.62. The van der Waals surface area contributed by atoms with Crippen LogP contribution >= 0.6 is 23.4 Å². The molecule has 0 saturated heterocycles. The molecule has 0 atom stereocenters. The van der Waals surface area contributed by atoms with Crippen molar-refractivity contribution in [1.82, 2.24) is 14.8 Å². The number of hydrogen-bond acceptors (Lipinski definition) is 4. The van der Waals surface area contributed by atoms with Gasteiger partial charge in [0.15, 0.2) is 11.0 Å². The third kappa shape index (κ3) is 5.18. The van der Waals surface area contributed by atoms with E-state index in [1.54, 1.807) is 0 Å². The number of aromatic nitrogens is 3. The topological polar surface area (TPSA) is 59.8 Å². The summed E-state index contributed by atoms with van der Waals surface area (Å²) in [5.41, 5.74) is 6.04. The number of amides is 1. The highest BCUT2D eigenvalue weighted by molar-refractivity contribution is 7.99. The molecule has 0 aliphatic heterocycles. The number of hydrogen-bond donors (Lipinski definition) is 1. The van der Waals surface area contributed by atoms with E-state index < -0.39 is 0 Å². The Bertz CT molecular complexity index is 1310. The molecule has 0 bridgehead atoms. The SMILES string of the molecule is Cc1ccccc1-n1c(SCC(=O)Nc2c(C)cccc2C(C)C)nnc1-c1ccc(Cl)cc1. The molecular weight excluding hydrogens is 464 g/mol. The molecule has 5 nitrogen and oxygen atoms in total. The van der Waals surface area contributed by atoms with Crippen molar-refractivity contribution in [3.05, 3.63) is 88.4 Å². The molecule has 3 aromatic carbocycles. The number of anilines is 1. The van der Waals surface area contributed by atoms with E-state index in [0.29, 0.717) is 21.9 Å². The maximum atomic E-state index is 12.9. The summed E-state index contributed by atoms with van der Waals surface area (Å²) in [5.74, 6) is 1.16. The normalized spacial score (nSPS) is 11.1. The number of rotatable bonds is 7. The number of halogens is 1. The summed E-state index contributed by atoms with van der Waals surface area (Å²) in [6, 6.07) is 21.7. The van der Waals surface area contributed by atoms with Crippen molar-refractivity contribution in [1.29, 1.82) is 0 Å². The molecule has 34 heavy (non-hydrogen) atoms. The van der Waals surface area contributed by atoms with Gasteiger partial charge >= 0.3 is 0 Å². The monoisotopic (exact) mass is 490 g/mol. The number of benzene rings is 3. The largest absolute Gasteiger partial charge is 0.325 e. The van der Waals surface area contributed by atoms with Crippen LogP contribution in [-0.2, 0) is 4.79 Å². The minimum absolute atomic E-state index is 0.0754. The van der Waals surface area contributed by atoms with Crippen LogP contribution in [0.25, 0.3) is 17.1 Å². The van der Waals surface area contributed by atoms with Crippen molar-refractivity contribution < 1.29 is 4.79 Å². The molecule has 0 saturated carbocycles. The molecule has 174 valence electrons. The van der Waals surface area contributed by atoms with E-state index in [1.165, 1.54) is 11.8 Å². The summed E-state index contributed by atoms with van der Waals surface area (Å²) in [5, 5.41) is 13.3. The maximum Gasteiger partial charge on any atom is 0.234 e. The van der Waals surface area contributed by atoms with Crippen LogP contribution in [-0.4, -0.2) is 26.4 Å². The third-order valence-electron chi connectivity index (χ3n) is 5.62. The van der Waals surface area contributed by atoms with E-state index in [1.807, 2.05) is 79.1 Å². The number of carbonyl (C=O) groups is 1. The standard InChI is InChI=1S/C27H27ClN4OS/c1-17(2)22-10-7-9-19(4)25(22)29-24(33)16-34-27-31-30-26(20-12-14-21(28)15-13-20)32(27)23-11-6-5-8-18(23)3/h5-15,17H,16H2,1-4H3,(H,29,33). The van der Waals surface area contributed by atoms with Crippen molar-refractivity contribution in [3.8, 4) is 17.1 Å². The van der Waals surface area contributed by atoms with Gasteiger partial charge in [0.2, 0.25) is 5.91 Å². The summed E-state index contributed by atoms with van der Waals surface area (Å²) in [6.45, 7) is 8.32. The van der Waals surface area contributed by atoms with Gasteiger partial charge in [0, 0.05) is 16.3 Å². The molecule has 0 fully saturated rings. The van der Waals surface area contributed by atoms with Gasteiger partial charge in [-0.1, -0.05) is 73.6 Å². The first kappa shape index (κ1) is 24.0. The van der Waals surface area contributed by atoms with Crippen LogP contribution in [0.4, 0.5) is 5.69 Å². The summed E-state index contributed by atoms with van der Waals surface area (Å²) in [6.07, 6.45) is 0. The van der Waals surface area contributed by atoms with E-state index in [9.17, 15) is 4.79 Å². The van der Waals surface area contributed by atoms with Crippen LogP contribution in [0.3, 0.4) is 0 Å². The van der Waals surface area contributed by atoms with Crippen LogP contribution in [0.15, 0.2) is 71.9 Å². The first-order valence-electron chi connectivity index (χ1n) is 11.1. The lowest BCUT2D eigenvalue weighted by atomic mass is 9.98. The fourth-order valence-corrected chi connectivity index (χ4v) is 4.70. The second-order valence-corrected chi connectivity index (χ2v) is 9.84. The van der Waals surface area contributed by atoms with Gasteiger partial charge in [-0.2, -0.15) is 0 Å². The van der Waals surface area contributed by atoms with Crippen molar-refractivity contribution in [2.45, 2.75) is 38.8 Å². The molecule has 1 aromatic heterocycles. The fourth-order valence-electron chi connectivity index (χ4n) is 3.83. The van der Waals surface area contributed by atoms with Crippen molar-refractivity contribution in [2.75, 3.05) is 11.1 Å². The molecule has 1 amide bonds. The lowest BCUT2D eigenvalue weighted by molar-refractivity contribution is -0.113. The first-order valence-corrected chi connectivity index (χ1v) is 12.5. The molecule has 0 unspecified atom stereocenters. The molecule has 0 aliphatic carbocycles. The summed E-state index contributed by atoms with van der Waals surface area (Å²) < 4.78 is 2.00. The molecular formula is C27H27ClN4OS. The van der Waals surface area contributed by atoms with E-state index in [0.717, 1.165) is 33.6 Å². The zero-order chi connectivity index (χ0) is 24.2. The number of aryl methyl sites for hydroxylation is 2. The van der Waals surface area contributed by atoms with E-state index in [-0.39, 0.29) is 11.7 Å². The molecule has 1 heterocycles. The van der Waals surface area contributed by atoms with Gasteiger partial charge in [0.05, 0.1) is 11.4 Å². The number of nitrogens with one attached hydrogen (secondary N) is 1. The zero-order valence-corrected chi connectivity index (χ0v) is 21.2. The van der Waals surface area contributed by atoms with Crippen molar-refractivity contribution >= 4 is 35.0 Å². The molecule has 0 aliphatic rings. The van der Waals surface area contributed by atoms with Crippen molar-refractivity contribution in [2.24, 2.45) is 0 Å². The molecule has 1 N–H and O–H groups in total. The van der Waals surface area contributed by atoms with Crippen LogP contribution in [0.5, 0.6) is 0 Å². The predicted molar refractivity (Wildman–Crippen MR) is 141 cm³/mol. The lowest BCUT2D eigenvalue weighted by Crippen LogP contribution is -2.17. The van der Waals surface area contributed by atoms with Crippen LogP contribution in [0.2, 0.25) is 5.02 Å². The Hall–Kier alpha value is -3.09. The number of nitrogens with zero attached hydrogens (tertiary/aromatic N) is 3. The Morgan fingerprint density at radius 2 is 1.68 bits per heavy atom. The van der Waals surface area contributed by atoms with Gasteiger partial charge in [0.1, 0.15) is 0 Å². The Morgan fingerprint density at radius 3 is 2.38 bits per heavy atom.